The summed E-state index contributed by atoms with van der Waals surface area (Å²) in [4.78, 5) is 0. The van der Waals surface area contributed by atoms with Gasteiger partial charge in [0.2, 0.25) is 0 Å². The molecule has 70 valence electrons. The van der Waals surface area contributed by atoms with Crippen LogP contribution in [0.3, 0.4) is 0 Å². The quantitative estimate of drug-likeness (QED) is 0.591. The normalized spacial score (nSPS) is 16.9. The fourth-order valence-electron chi connectivity index (χ4n) is 2.82. The average molecular weight is 184 g/mol. The Morgan fingerprint density at radius 1 is 0.571 bits per heavy atom. The van der Waals surface area contributed by atoms with Crippen LogP contribution in [0.1, 0.15) is 22.8 Å². The molecule has 0 saturated carbocycles. The summed E-state index contributed by atoms with van der Waals surface area (Å²) in [6.45, 7) is 0. The standard InChI is InChI=1S/C12H12N2/c1-2-10-7-8-12-4-3-11-6-5-9(1)13(10)14(11)12/h1-4H,5-8H2. The zero-order valence-corrected chi connectivity index (χ0v) is 8.03. The van der Waals surface area contributed by atoms with Crippen LogP contribution in [0.4, 0.5) is 0 Å². The third-order valence-corrected chi connectivity index (χ3v) is 3.50. The predicted molar refractivity (Wildman–Crippen MR) is 54.5 cm³/mol. The molecule has 0 fully saturated rings. The first-order chi connectivity index (χ1) is 6.93. The number of nitrogens with zero attached hydrogens (tertiary/aromatic N) is 2. The minimum Gasteiger partial charge on any atom is -0.258 e. The monoisotopic (exact) mass is 184 g/mol. The maximum atomic E-state index is 2.41. The van der Waals surface area contributed by atoms with E-state index in [0.717, 1.165) is 0 Å². The van der Waals surface area contributed by atoms with Gasteiger partial charge >= 0.3 is 0 Å². The van der Waals surface area contributed by atoms with Crippen LogP contribution < -0.4 is 0 Å². The lowest BCUT2D eigenvalue weighted by atomic mass is 10.1. The summed E-state index contributed by atoms with van der Waals surface area (Å²) in [5, 5.41) is 0. The Hall–Kier alpha value is -1.44. The molecular weight excluding hydrogens is 172 g/mol. The Bertz CT molecular complexity index is 425. The molecule has 0 bridgehead atoms. The molecule has 0 spiro atoms. The first-order valence-electron chi connectivity index (χ1n) is 5.33. The van der Waals surface area contributed by atoms with Gasteiger partial charge in [0.25, 0.3) is 0 Å². The van der Waals surface area contributed by atoms with Crippen LogP contribution in [0, 0.1) is 0 Å². The minimum absolute atomic E-state index is 1.20. The van der Waals surface area contributed by atoms with Gasteiger partial charge in [-0.1, -0.05) is 0 Å². The maximum Gasteiger partial charge on any atom is 0.0411 e. The van der Waals surface area contributed by atoms with Gasteiger partial charge in [0.15, 0.2) is 0 Å². The summed E-state index contributed by atoms with van der Waals surface area (Å²) in [6, 6.07) is 9.14. The van der Waals surface area contributed by atoms with E-state index in [0.29, 0.717) is 0 Å². The molecule has 14 heavy (non-hydrogen) atoms. The fourth-order valence-corrected chi connectivity index (χ4v) is 2.82. The summed E-state index contributed by atoms with van der Waals surface area (Å²) in [7, 11) is 0. The third-order valence-electron chi connectivity index (χ3n) is 3.50. The molecule has 0 amide bonds. The van der Waals surface area contributed by atoms with E-state index in [9.17, 15) is 0 Å². The van der Waals surface area contributed by atoms with Crippen molar-refractivity contribution in [2.24, 2.45) is 0 Å². The molecule has 0 N–H and O–H groups in total. The zero-order chi connectivity index (χ0) is 9.12. The van der Waals surface area contributed by atoms with Crippen molar-refractivity contribution in [3.63, 3.8) is 0 Å². The molecule has 0 radical (unpaired) electrons. The molecule has 0 saturated heterocycles. The molecule has 4 rings (SSSR count). The largest absolute Gasteiger partial charge is 0.258 e. The topological polar surface area (TPSA) is 9.86 Å². The van der Waals surface area contributed by atoms with E-state index in [1.807, 2.05) is 0 Å². The van der Waals surface area contributed by atoms with Crippen LogP contribution in [0.15, 0.2) is 24.3 Å². The molecule has 2 aromatic heterocycles. The van der Waals surface area contributed by atoms with E-state index >= 15 is 0 Å². The molecular formula is C12H12N2. The Balaban J connectivity index is 2.17. The van der Waals surface area contributed by atoms with Crippen molar-refractivity contribution in [1.29, 1.82) is 0 Å². The zero-order valence-electron chi connectivity index (χ0n) is 8.03. The number of rotatable bonds is 0. The Labute approximate surface area is 82.7 Å². The number of aryl methyl sites for hydroxylation is 4. The molecule has 2 heteroatoms. The van der Waals surface area contributed by atoms with E-state index in [1.165, 1.54) is 48.5 Å². The SMILES string of the molecule is c1cc2n3c1CCc1ccc(n1-3)CC2. The number of aromatic nitrogens is 2. The molecule has 0 atom stereocenters. The highest BCUT2D eigenvalue weighted by molar-refractivity contribution is 5.30. The van der Waals surface area contributed by atoms with Crippen LogP contribution in [0.25, 0.3) is 0 Å². The third kappa shape index (κ3) is 0.649. The van der Waals surface area contributed by atoms with Gasteiger partial charge in [0.1, 0.15) is 0 Å². The molecule has 4 heterocycles. The second kappa shape index (κ2) is 2.14. The predicted octanol–water partition coefficient (Wildman–Crippen LogP) is 1.80. The minimum atomic E-state index is 1.20. The molecule has 0 aromatic carbocycles. The molecule has 0 unspecified atom stereocenters. The summed E-state index contributed by atoms with van der Waals surface area (Å²) in [6.07, 6.45) is 4.79. The number of hydrogen-bond acceptors (Lipinski definition) is 0. The van der Waals surface area contributed by atoms with Crippen LogP contribution in [-0.2, 0) is 25.7 Å². The highest BCUT2D eigenvalue weighted by Crippen LogP contribution is 2.27. The van der Waals surface area contributed by atoms with Crippen molar-refractivity contribution in [1.82, 2.24) is 9.35 Å². The van der Waals surface area contributed by atoms with E-state index < -0.39 is 0 Å². The van der Waals surface area contributed by atoms with Crippen LogP contribution in [0.5, 0.6) is 0 Å². The van der Waals surface area contributed by atoms with Gasteiger partial charge in [-0.2, -0.15) is 0 Å². The van der Waals surface area contributed by atoms with Crippen LogP contribution in [0.2, 0.25) is 0 Å². The highest BCUT2D eigenvalue weighted by atomic mass is 15.5. The second-order valence-electron chi connectivity index (χ2n) is 4.26. The lowest BCUT2D eigenvalue weighted by Crippen LogP contribution is -2.28. The molecule has 2 aromatic rings. The summed E-state index contributed by atoms with van der Waals surface area (Å²) < 4.78 is 4.83. The lowest BCUT2D eigenvalue weighted by Gasteiger charge is -2.27. The smallest absolute Gasteiger partial charge is 0.0411 e. The molecule has 2 aliphatic rings. The summed E-state index contributed by atoms with van der Waals surface area (Å²) in [5.74, 6) is 0. The van der Waals surface area contributed by atoms with E-state index in [2.05, 4.69) is 33.6 Å². The average Bonchev–Trinajstić information content (AvgIpc) is 2.77. The number of hydrogen-bond donors (Lipinski definition) is 0. The van der Waals surface area contributed by atoms with Crippen molar-refractivity contribution < 1.29 is 0 Å². The van der Waals surface area contributed by atoms with E-state index in [1.54, 1.807) is 0 Å². The molecule has 2 aliphatic heterocycles. The Morgan fingerprint density at radius 3 is 1.14 bits per heavy atom. The first-order valence-corrected chi connectivity index (χ1v) is 5.33. The van der Waals surface area contributed by atoms with Crippen molar-refractivity contribution >= 4 is 0 Å². The highest BCUT2D eigenvalue weighted by Gasteiger charge is 2.23. The van der Waals surface area contributed by atoms with Crippen LogP contribution in [-0.4, -0.2) is 9.35 Å². The fraction of sp³-hybridized carbons (Fsp3) is 0.333. The van der Waals surface area contributed by atoms with Gasteiger partial charge in [0.05, 0.1) is 0 Å². The summed E-state index contributed by atoms with van der Waals surface area (Å²) in [5.41, 5.74) is 5.91. The summed E-state index contributed by atoms with van der Waals surface area (Å²) >= 11 is 0. The molecule has 0 aliphatic carbocycles. The van der Waals surface area contributed by atoms with Gasteiger partial charge in [-0.25, -0.2) is 0 Å². The van der Waals surface area contributed by atoms with Crippen molar-refractivity contribution in [3.8, 4) is 0 Å². The maximum absolute atomic E-state index is 2.41. The Morgan fingerprint density at radius 2 is 0.857 bits per heavy atom. The van der Waals surface area contributed by atoms with Crippen molar-refractivity contribution in [3.05, 3.63) is 47.0 Å². The van der Waals surface area contributed by atoms with E-state index in [4.69, 9.17) is 0 Å². The van der Waals surface area contributed by atoms with Crippen molar-refractivity contribution in [2.75, 3.05) is 0 Å². The Kier molecular flexibility index (Phi) is 1.06. The van der Waals surface area contributed by atoms with Crippen molar-refractivity contribution in [2.45, 2.75) is 25.7 Å². The van der Waals surface area contributed by atoms with Gasteiger partial charge in [-0.05, 0) is 49.9 Å². The van der Waals surface area contributed by atoms with Gasteiger partial charge in [0, 0.05) is 22.8 Å². The second-order valence-corrected chi connectivity index (χ2v) is 4.26. The molecule has 2 nitrogen and oxygen atoms in total. The van der Waals surface area contributed by atoms with Gasteiger partial charge in [-0.3, -0.25) is 9.35 Å². The van der Waals surface area contributed by atoms with Gasteiger partial charge in [-0.15, -0.1) is 0 Å². The van der Waals surface area contributed by atoms with Crippen LogP contribution >= 0.6 is 0 Å². The van der Waals surface area contributed by atoms with E-state index in [-0.39, 0.29) is 0 Å². The first kappa shape index (κ1) is 6.93. The van der Waals surface area contributed by atoms with Gasteiger partial charge < -0.3 is 0 Å². The lowest BCUT2D eigenvalue weighted by molar-refractivity contribution is 0.483.